The number of rotatable bonds is 4. The van der Waals surface area contributed by atoms with E-state index in [-0.39, 0.29) is 24.2 Å². The van der Waals surface area contributed by atoms with Gasteiger partial charge in [0.1, 0.15) is 6.10 Å². The fourth-order valence-corrected chi connectivity index (χ4v) is 2.37. The van der Waals surface area contributed by atoms with Crippen LogP contribution in [0.25, 0.3) is 0 Å². The lowest BCUT2D eigenvalue weighted by Crippen LogP contribution is -2.30. The second-order valence-electron chi connectivity index (χ2n) is 4.59. The number of carbonyl (C=O) groups is 1. The molecule has 0 saturated carbocycles. The molecule has 1 N–H and O–H groups in total. The van der Waals surface area contributed by atoms with Gasteiger partial charge >= 0.3 is 6.09 Å². The highest BCUT2D eigenvalue weighted by molar-refractivity contribution is 5.71. The van der Waals surface area contributed by atoms with Crippen molar-refractivity contribution >= 4 is 6.09 Å². The zero-order valence-corrected chi connectivity index (χ0v) is 9.91. The Labute approximate surface area is 106 Å². The van der Waals surface area contributed by atoms with Gasteiger partial charge in [0.15, 0.2) is 0 Å². The van der Waals surface area contributed by atoms with E-state index in [1.807, 2.05) is 36.4 Å². The number of hydrogen-bond donors (Lipinski definition) is 1. The zero-order chi connectivity index (χ0) is 12.4. The zero-order valence-electron chi connectivity index (χ0n) is 9.91. The molecule has 1 aliphatic carbocycles. The standard InChI is InChI=1S/C14H15NO3/c16-14-15-12-7-6-11(13(12)18-14)9-17-8-10-4-2-1-3-5-10/h1-7,11-13H,8-9H2,(H,15,16)/t11-,12+,13-/m0/s1. The van der Waals surface area contributed by atoms with Gasteiger partial charge in [0.05, 0.1) is 19.3 Å². The highest BCUT2D eigenvalue weighted by atomic mass is 16.6. The highest BCUT2D eigenvalue weighted by Crippen LogP contribution is 2.26. The Balaban J connectivity index is 1.50. The maximum atomic E-state index is 11.1. The highest BCUT2D eigenvalue weighted by Gasteiger charge is 2.41. The summed E-state index contributed by atoms with van der Waals surface area (Å²) in [4.78, 5) is 11.1. The number of ether oxygens (including phenoxy) is 2. The molecule has 1 aliphatic heterocycles. The van der Waals surface area contributed by atoms with Crippen molar-refractivity contribution < 1.29 is 14.3 Å². The molecule has 4 heteroatoms. The number of hydrogen-bond acceptors (Lipinski definition) is 3. The Morgan fingerprint density at radius 1 is 1.22 bits per heavy atom. The number of amides is 1. The molecule has 1 fully saturated rings. The van der Waals surface area contributed by atoms with Gasteiger partial charge in [-0.05, 0) is 5.56 Å². The first kappa shape index (κ1) is 11.3. The van der Waals surface area contributed by atoms with Gasteiger partial charge in [0, 0.05) is 5.92 Å². The van der Waals surface area contributed by atoms with E-state index in [4.69, 9.17) is 9.47 Å². The van der Waals surface area contributed by atoms with Crippen LogP contribution in [0.3, 0.4) is 0 Å². The Hall–Kier alpha value is -1.81. The molecule has 0 spiro atoms. The summed E-state index contributed by atoms with van der Waals surface area (Å²) in [5.41, 5.74) is 1.15. The van der Waals surface area contributed by atoms with Gasteiger partial charge in [0.2, 0.25) is 0 Å². The third-order valence-corrected chi connectivity index (χ3v) is 3.29. The van der Waals surface area contributed by atoms with Gasteiger partial charge in [-0.2, -0.15) is 0 Å². The first-order chi connectivity index (χ1) is 8.83. The molecule has 0 unspecified atom stereocenters. The number of fused-ring (bicyclic) bond motifs is 1. The fraction of sp³-hybridized carbons (Fsp3) is 0.357. The van der Waals surface area contributed by atoms with E-state index < -0.39 is 0 Å². The van der Waals surface area contributed by atoms with E-state index in [0.29, 0.717) is 13.2 Å². The second-order valence-corrected chi connectivity index (χ2v) is 4.59. The Morgan fingerprint density at radius 3 is 2.89 bits per heavy atom. The minimum atomic E-state index is -0.331. The molecule has 3 rings (SSSR count). The molecule has 2 aliphatic rings. The SMILES string of the molecule is O=C1N[C@@H]2C=C[C@@H](COCc3ccccc3)[C@@H]2O1. The summed E-state index contributed by atoms with van der Waals surface area (Å²) in [5.74, 6) is 0.151. The van der Waals surface area contributed by atoms with E-state index in [1.54, 1.807) is 0 Å². The van der Waals surface area contributed by atoms with Crippen LogP contribution in [-0.4, -0.2) is 24.8 Å². The van der Waals surface area contributed by atoms with Gasteiger partial charge in [-0.25, -0.2) is 4.79 Å². The first-order valence-corrected chi connectivity index (χ1v) is 6.10. The average Bonchev–Trinajstić information content (AvgIpc) is 2.91. The molecule has 0 radical (unpaired) electrons. The van der Waals surface area contributed by atoms with Crippen molar-refractivity contribution in [1.29, 1.82) is 0 Å². The van der Waals surface area contributed by atoms with Crippen LogP contribution in [0, 0.1) is 5.92 Å². The normalized spacial score (nSPS) is 28.9. The Kier molecular flexibility index (Phi) is 3.02. The van der Waals surface area contributed by atoms with Crippen LogP contribution in [0.15, 0.2) is 42.5 Å². The molecule has 0 aromatic heterocycles. The molecule has 4 nitrogen and oxygen atoms in total. The topological polar surface area (TPSA) is 47.6 Å². The van der Waals surface area contributed by atoms with E-state index >= 15 is 0 Å². The minimum Gasteiger partial charge on any atom is -0.443 e. The van der Waals surface area contributed by atoms with Crippen LogP contribution in [0.5, 0.6) is 0 Å². The lowest BCUT2D eigenvalue weighted by molar-refractivity contribution is 0.0478. The van der Waals surface area contributed by atoms with Crippen molar-refractivity contribution in [2.75, 3.05) is 6.61 Å². The molecule has 0 bridgehead atoms. The lowest BCUT2D eigenvalue weighted by atomic mass is 10.1. The van der Waals surface area contributed by atoms with Crippen molar-refractivity contribution in [2.24, 2.45) is 5.92 Å². The lowest BCUT2D eigenvalue weighted by Gasteiger charge is -2.16. The molecule has 1 amide bonds. The van der Waals surface area contributed by atoms with Crippen molar-refractivity contribution in [3.8, 4) is 0 Å². The maximum absolute atomic E-state index is 11.1. The van der Waals surface area contributed by atoms with E-state index in [0.717, 1.165) is 5.56 Å². The summed E-state index contributed by atoms with van der Waals surface area (Å²) in [5, 5.41) is 2.75. The summed E-state index contributed by atoms with van der Waals surface area (Å²) in [6, 6.07) is 10.1. The van der Waals surface area contributed by atoms with Crippen LogP contribution in [0.1, 0.15) is 5.56 Å². The molecule has 1 aromatic rings. The quantitative estimate of drug-likeness (QED) is 0.824. The van der Waals surface area contributed by atoms with Crippen LogP contribution in [-0.2, 0) is 16.1 Å². The molecular formula is C14H15NO3. The Morgan fingerprint density at radius 2 is 2.06 bits per heavy atom. The summed E-state index contributed by atoms with van der Waals surface area (Å²) >= 11 is 0. The summed E-state index contributed by atoms with van der Waals surface area (Å²) in [6.07, 6.45) is 3.60. The average molecular weight is 245 g/mol. The van der Waals surface area contributed by atoms with Gasteiger partial charge in [0.25, 0.3) is 0 Å². The number of nitrogens with one attached hydrogen (secondary N) is 1. The van der Waals surface area contributed by atoms with E-state index in [2.05, 4.69) is 11.4 Å². The van der Waals surface area contributed by atoms with Gasteiger partial charge in [-0.1, -0.05) is 42.5 Å². The third kappa shape index (κ3) is 2.24. The molecular weight excluding hydrogens is 230 g/mol. The third-order valence-electron chi connectivity index (χ3n) is 3.29. The summed E-state index contributed by atoms with van der Waals surface area (Å²) in [6.45, 7) is 1.16. The van der Waals surface area contributed by atoms with Crippen LogP contribution < -0.4 is 5.32 Å². The van der Waals surface area contributed by atoms with Gasteiger partial charge in [-0.3, -0.25) is 0 Å². The Bertz CT molecular complexity index is 457. The van der Waals surface area contributed by atoms with Crippen molar-refractivity contribution in [3.05, 3.63) is 48.0 Å². The maximum Gasteiger partial charge on any atom is 0.408 e. The molecule has 1 saturated heterocycles. The van der Waals surface area contributed by atoms with Gasteiger partial charge in [-0.15, -0.1) is 0 Å². The molecule has 3 atom stereocenters. The van der Waals surface area contributed by atoms with Crippen LogP contribution >= 0.6 is 0 Å². The predicted molar refractivity (Wildman–Crippen MR) is 65.9 cm³/mol. The van der Waals surface area contributed by atoms with E-state index in [1.165, 1.54) is 0 Å². The smallest absolute Gasteiger partial charge is 0.408 e. The minimum absolute atomic E-state index is 0.0165. The van der Waals surface area contributed by atoms with Gasteiger partial charge < -0.3 is 14.8 Å². The van der Waals surface area contributed by atoms with Crippen molar-refractivity contribution in [3.63, 3.8) is 0 Å². The second kappa shape index (κ2) is 4.82. The molecule has 1 heterocycles. The largest absolute Gasteiger partial charge is 0.443 e. The van der Waals surface area contributed by atoms with Crippen LogP contribution in [0.4, 0.5) is 4.79 Å². The van der Waals surface area contributed by atoms with Crippen molar-refractivity contribution in [2.45, 2.75) is 18.8 Å². The monoisotopic (exact) mass is 245 g/mol. The molecule has 94 valence electrons. The molecule has 18 heavy (non-hydrogen) atoms. The first-order valence-electron chi connectivity index (χ1n) is 6.10. The van der Waals surface area contributed by atoms with Crippen LogP contribution in [0.2, 0.25) is 0 Å². The summed E-state index contributed by atoms with van der Waals surface area (Å²) in [7, 11) is 0. The van der Waals surface area contributed by atoms with Crippen molar-refractivity contribution in [1.82, 2.24) is 5.32 Å². The van der Waals surface area contributed by atoms with E-state index in [9.17, 15) is 4.79 Å². The molecule has 1 aromatic carbocycles. The number of alkyl carbamates (subject to hydrolysis) is 1. The fourth-order valence-electron chi connectivity index (χ4n) is 2.37. The number of carbonyl (C=O) groups excluding carboxylic acids is 1. The number of benzene rings is 1. The predicted octanol–water partition coefficient (Wildman–Crippen LogP) is 1.87. The summed E-state index contributed by atoms with van der Waals surface area (Å²) < 4.78 is 10.9.